The number of ether oxygens (including phenoxy) is 2. The van der Waals surface area contributed by atoms with Crippen molar-refractivity contribution in [1.29, 1.82) is 0 Å². The molecule has 0 radical (unpaired) electrons. The third-order valence-corrected chi connectivity index (χ3v) is 7.20. The van der Waals surface area contributed by atoms with Crippen molar-refractivity contribution in [2.45, 2.75) is 32.4 Å². The van der Waals surface area contributed by atoms with Crippen molar-refractivity contribution in [3.05, 3.63) is 54.4 Å². The number of anilines is 2. The van der Waals surface area contributed by atoms with Crippen LogP contribution in [-0.2, 0) is 18.5 Å². The topological polar surface area (TPSA) is 91.9 Å². The number of hydrogen-bond acceptors (Lipinski definition) is 7. The zero-order chi connectivity index (χ0) is 26.7. The van der Waals surface area contributed by atoms with Gasteiger partial charge in [0, 0.05) is 50.9 Å². The lowest BCUT2D eigenvalue weighted by Crippen LogP contribution is -2.22. The molecule has 0 bridgehead atoms. The van der Waals surface area contributed by atoms with E-state index in [0.29, 0.717) is 23.8 Å². The molecule has 0 aliphatic heterocycles. The Hall–Kier alpha value is -3.71. The predicted octanol–water partition coefficient (Wildman–Crippen LogP) is 5.22. The van der Waals surface area contributed by atoms with E-state index in [9.17, 15) is 13.2 Å². The summed E-state index contributed by atoms with van der Waals surface area (Å²) in [7, 11) is 1.74. The van der Waals surface area contributed by atoms with Crippen LogP contribution in [0.2, 0.25) is 25.7 Å². The van der Waals surface area contributed by atoms with E-state index in [0.717, 1.165) is 6.04 Å². The molecule has 196 valence electrons. The van der Waals surface area contributed by atoms with E-state index in [1.165, 1.54) is 47.1 Å². The molecule has 0 saturated carbocycles. The van der Waals surface area contributed by atoms with Crippen molar-refractivity contribution in [1.82, 2.24) is 29.5 Å². The van der Waals surface area contributed by atoms with Crippen molar-refractivity contribution in [3.8, 4) is 28.3 Å². The molecular weight excluding hydrogens is 503 g/mol. The van der Waals surface area contributed by atoms with E-state index in [1.807, 2.05) is 0 Å². The van der Waals surface area contributed by atoms with Crippen LogP contribution in [0.15, 0.2) is 36.7 Å². The first-order valence-electron chi connectivity index (χ1n) is 11.5. The zero-order valence-corrected chi connectivity index (χ0v) is 22.2. The second-order valence-electron chi connectivity index (χ2n) is 9.64. The van der Waals surface area contributed by atoms with Crippen LogP contribution in [0.3, 0.4) is 0 Å². The number of halogens is 3. The highest BCUT2D eigenvalue weighted by Crippen LogP contribution is 2.29. The molecule has 0 aliphatic carbocycles. The Morgan fingerprint density at radius 2 is 1.81 bits per heavy atom. The SMILES string of the molecule is COc1cc(-c2nc(Nc3ccc(-c4cn(COCC[Si](C)(C)C)nc4F)c(F)c3)n(C)n2)cnc1F. The van der Waals surface area contributed by atoms with E-state index in [1.54, 1.807) is 13.1 Å². The standard InChI is InChI=1S/C24H28F3N7O2Si/c1-33-24(30-23(32-33)15-10-20(35-2)22(27)28-12-15)29-16-6-7-17(19(25)11-16)18-13-34(31-21(18)26)14-36-8-9-37(3,4)5/h6-7,10-13H,8-9,14H2,1-5H3,(H,29,30,32). The Morgan fingerprint density at radius 1 is 1.03 bits per heavy atom. The summed E-state index contributed by atoms with van der Waals surface area (Å²) in [5.74, 6) is -1.62. The van der Waals surface area contributed by atoms with Gasteiger partial charge in [0.2, 0.25) is 11.9 Å². The van der Waals surface area contributed by atoms with Crippen molar-refractivity contribution in [3.63, 3.8) is 0 Å². The Kier molecular flexibility index (Phi) is 7.64. The summed E-state index contributed by atoms with van der Waals surface area (Å²) in [5, 5.41) is 11.1. The normalized spacial score (nSPS) is 11.7. The molecule has 0 aliphatic rings. The highest BCUT2D eigenvalue weighted by molar-refractivity contribution is 6.76. The fourth-order valence-corrected chi connectivity index (χ4v) is 4.19. The van der Waals surface area contributed by atoms with Gasteiger partial charge in [0.1, 0.15) is 12.5 Å². The number of pyridine rings is 1. The lowest BCUT2D eigenvalue weighted by molar-refractivity contribution is 0.0774. The van der Waals surface area contributed by atoms with E-state index in [-0.39, 0.29) is 29.4 Å². The van der Waals surface area contributed by atoms with E-state index in [2.05, 4.69) is 45.1 Å². The monoisotopic (exact) mass is 531 g/mol. The molecule has 0 amide bonds. The van der Waals surface area contributed by atoms with Crippen molar-refractivity contribution in [2.75, 3.05) is 19.0 Å². The van der Waals surface area contributed by atoms with Gasteiger partial charge >= 0.3 is 0 Å². The highest BCUT2D eigenvalue weighted by Gasteiger charge is 2.18. The first-order chi connectivity index (χ1) is 17.5. The number of aromatic nitrogens is 6. The molecule has 4 aromatic rings. The summed E-state index contributed by atoms with van der Waals surface area (Å²) < 4.78 is 56.4. The average Bonchev–Trinajstić information content (AvgIpc) is 3.38. The molecule has 0 spiro atoms. The summed E-state index contributed by atoms with van der Waals surface area (Å²) >= 11 is 0. The number of benzene rings is 1. The van der Waals surface area contributed by atoms with Crippen LogP contribution in [0.25, 0.3) is 22.5 Å². The lowest BCUT2D eigenvalue weighted by Gasteiger charge is -2.15. The summed E-state index contributed by atoms with van der Waals surface area (Å²) in [6.45, 7) is 7.38. The molecule has 9 nitrogen and oxygen atoms in total. The Bertz CT molecular complexity index is 1400. The maximum atomic E-state index is 15.0. The Morgan fingerprint density at radius 3 is 2.51 bits per heavy atom. The Balaban J connectivity index is 1.47. The highest BCUT2D eigenvalue weighted by atomic mass is 28.3. The first-order valence-corrected chi connectivity index (χ1v) is 15.2. The number of aryl methyl sites for hydroxylation is 1. The fraction of sp³-hybridized carbons (Fsp3) is 0.333. The zero-order valence-electron chi connectivity index (χ0n) is 21.2. The number of rotatable bonds is 10. The number of nitrogens with one attached hydrogen (secondary N) is 1. The van der Waals surface area contributed by atoms with Gasteiger partial charge in [0.25, 0.3) is 5.95 Å². The van der Waals surface area contributed by atoms with E-state index < -0.39 is 25.8 Å². The number of nitrogens with zero attached hydrogens (tertiary/aromatic N) is 6. The minimum absolute atomic E-state index is 0.0363. The molecule has 0 fully saturated rings. The minimum atomic E-state index is -1.24. The average molecular weight is 532 g/mol. The van der Waals surface area contributed by atoms with Crippen LogP contribution < -0.4 is 10.1 Å². The number of hydrogen-bond donors (Lipinski definition) is 1. The summed E-state index contributed by atoms with van der Waals surface area (Å²) in [4.78, 5) is 8.02. The van der Waals surface area contributed by atoms with Crippen LogP contribution in [0, 0.1) is 17.7 Å². The molecule has 0 atom stereocenters. The quantitative estimate of drug-likeness (QED) is 0.170. The maximum Gasteiger partial charge on any atom is 0.255 e. The molecule has 37 heavy (non-hydrogen) atoms. The summed E-state index contributed by atoms with van der Waals surface area (Å²) in [5.41, 5.74) is 0.928. The largest absolute Gasteiger partial charge is 0.492 e. The molecule has 4 rings (SSSR count). The van der Waals surface area contributed by atoms with Gasteiger partial charge in [-0.2, -0.15) is 13.8 Å². The second kappa shape index (κ2) is 10.7. The fourth-order valence-electron chi connectivity index (χ4n) is 3.43. The van der Waals surface area contributed by atoms with Crippen LogP contribution in [0.5, 0.6) is 5.75 Å². The summed E-state index contributed by atoms with van der Waals surface area (Å²) in [6, 6.07) is 6.70. The van der Waals surface area contributed by atoms with Gasteiger partial charge in [-0.15, -0.1) is 10.2 Å². The molecule has 1 aromatic carbocycles. The number of methoxy groups -OCH3 is 1. The second-order valence-corrected chi connectivity index (χ2v) is 15.3. The van der Waals surface area contributed by atoms with Crippen LogP contribution in [-0.4, -0.2) is 51.3 Å². The molecule has 3 aromatic heterocycles. The molecule has 3 heterocycles. The summed E-state index contributed by atoms with van der Waals surface area (Å²) in [6.07, 6.45) is 2.72. The van der Waals surface area contributed by atoms with Crippen molar-refractivity contribution < 1.29 is 22.6 Å². The van der Waals surface area contributed by atoms with Crippen LogP contribution >= 0.6 is 0 Å². The molecule has 0 unspecified atom stereocenters. The van der Waals surface area contributed by atoms with Gasteiger partial charge < -0.3 is 14.8 Å². The maximum absolute atomic E-state index is 15.0. The smallest absolute Gasteiger partial charge is 0.255 e. The van der Waals surface area contributed by atoms with E-state index >= 15 is 0 Å². The lowest BCUT2D eigenvalue weighted by atomic mass is 10.1. The van der Waals surface area contributed by atoms with Crippen LogP contribution in [0.4, 0.5) is 24.8 Å². The van der Waals surface area contributed by atoms with Crippen molar-refractivity contribution in [2.24, 2.45) is 7.05 Å². The van der Waals surface area contributed by atoms with Gasteiger partial charge in [-0.3, -0.25) is 0 Å². The van der Waals surface area contributed by atoms with Gasteiger partial charge in [-0.1, -0.05) is 19.6 Å². The third kappa shape index (κ3) is 6.35. The van der Waals surface area contributed by atoms with Crippen molar-refractivity contribution >= 4 is 19.7 Å². The predicted molar refractivity (Wildman–Crippen MR) is 136 cm³/mol. The van der Waals surface area contributed by atoms with Gasteiger partial charge in [0.05, 0.1) is 12.7 Å². The molecule has 13 heteroatoms. The Labute approximate surface area is 213 Å². The van der Waals surface area contributed by atoms with Gasteiger partial charge in [-0.05, 0) is 30.3 Å². The molecule has 1 N–H and O–H groups in total. The third-order valence-electron chi connectivity index (χ3n) is 5.50. The first kappa shape index (κ1) is 26.4. The van der Waals surface area contributed by atoms with Gasteiger partial charge in [-0.25, -0.2) is 18.7 Å². The molecule has 0 saturated heterocycles. The minimum Gasteiger partial charge on any atom is -0.492 e. The van der Waals surface area contributed by atoms with Gasteiger partial charge in [0.15, 0.2) is 11.6 Å². The molecular formula is C24H28F3N7O2Si. The van der Waals surface area contributed by atoms with E-state index in [4.69, 9.17) is 9.47 Å². The van der Waals surface area contributed by atoms with Crippen LogP contribution in [0.1, 0.15) is 0 Å².